The molecule has 1 rings (SSSR count). The van der Waals surface area contributed by atoms with Gasteiger partial charge in [-0.3, -0.25) is 14.0 Å². The van der Waals surface area contributed by atoms with Gasteiger partial charge in [-0.25, -0.2) is 0 Å². The lowest BCUT2D eigenvalue weighted by atomic mass is 10.1. The first-order valence-corrected chi connectivity index (χ1v) is 6.38. The van der Waals surface area contributed by atoms with Gasteiger partial charge in [0, 0.05) is 13.5 Å². The van der Waals surface area contributed by atoms with Crippen LogP contribution in [0.5, 0.6) is 0 Å². The van der Waals surface area contributed by atoms with Crippen molar-refractivity contribution in [2.45, 2.75) is 59.9 Å². The molecule has 1 saturated heterocycles. The number of Topliss-reactive ketones (excluding diaryl/α,β-unsaturated/α-hetero) is 1. The van der Waals surface area contributed by atoms with Gasteiger partial charge in [-0.1, -0.05) is 20.8 Å². The molecular formula is C13H26FNO2. The predicted molar refractivity (Wildman–Crippen MR) is 68.7 cm³/mol. The van der Waals surface area contributed by atoms with E-state index in [1.54, 1.807) is 18.7 Å². The number of carbonyl (C=O) groups is 2. The summed E-state index contributed by atoms with van der Waals surface area (Å²) in [5.74, 6) is 0.125. The maximum atomic E-state index is 11.0. The fourth-order valence-corrected chi connectivity index (χ4v) is 1.57. The Hall–Kier alpha value is -0.930. The highest BCUT2D eigenvalue weighted by atomic mass is 19.1. The maximum Gasteiger partial charge on any atom is 0.220 e. The molecule has 1 aliphatic heterocycles. The van der Waals surface area contributed by atoms with E-state index in [2.05, 4.69) is 0 Å². The molecule has 1 amide bonds. The number of rotatable bonds is 2. The van der Waals surface area contributed by atoms with Crippen LogP contribution in [0.4, 0.5) is 4.39 Å². The first-order chi connectivity index (χ1) is 8.04. The van der Waals surface area contributed by atoms with Crippen LogP contribution in [0.15, 0.2) is 0 Å². The van der Waals surface area contributed by atoms with E-state index in [1.165, 1.54) is 6.92 Å². The van der Waals surface area contributed by atoms with Crippen LogP contribution in [0.25, 0.3) is 0 Å². The molecule has 0 saturated carbocycles. The van der Waals surface area contributed by atoms with Crippen LogP contribution in [0, 0.1) is 0 Å². The molecule has 0 aromatic heterocycles. The molecule has 102 valence electrons. The number of halogens is 1. The summed E-state index contributed by atoms with van der Waals surface area (Å²) in [5.41, 5.74) is 0. The van der Waals surface area contributed by atoms with E-state index in [0.717, 1.165) is 19.4 Å². The van der Waals surface area contributed by atoms with Crippen molar-refractivity contribution < 1.29 is 14.0 Å². The molecule has 1 fully saturated rings. The number of amides is 1. The maximum absolute atomic E-state index is 11.0. The van der Waals surface area contributed by atoms with Gasteiger partial charge in [0.2, 0.25) is 5.91 Å². The third-order valence-electron chi connectivity index (χ3n) is 2.32. The van der Waals surface area contributed by atoms with Crippen LogP contribution in [-0.2, 0) is 9.59 Å². The minimum Gasteiger partial charge on any atom is -0.333 e. The lowest BCUT2D eigenvalue weighted by molar-refractivity contribution is -0.135. The van der Waals surface area contributed by atoms with E-state index in [4.69, 9.17) is 0 Å². The van der Waals surface area contributed by atoms with Gasteiger partial charge in [-0.15, -0.1) is 0 Å². The Kier molecular flexibility index (Phi) is 12.5. The molecule has 3 nitrogen and oxygen atoms in total. The van der Waals surface area contributed by atoms with Crippen molar-refractivity contribution in [2.24, 2.45) is 0 Å². The number of carbonyl (C=O) groups excluding carboxylic acids is 2. The predicted octanol–water partition coefficient (Wildman–Crippen LogP) is 2.98. The SMILES string of the molecule is CC.CC(=O)C1CCCN1C(C)=O.CCCF. The summed E-state index contributed by atoms with van der Waals surface area (Å²) in [6, 6.07) is -0.132. The molecule has 0 aromatic carbocycles. The van der Waals surface area contributed by atoms with Crippen LogP contribution in [-0.4, -0.2) is 35.9 Å². The van der Waals surface area contributed by atoms with Crippen molar-refractivity contribution in [1.29, 1.82) is 0 Å². The highest BCUT2D eigenvalue weighted by Gasteiger charge is 2.29. The van der Waals surface area contributed by atoms with Gasteiger partial charge >= 0.3 is 0 Å². The largest absolute Gasteiger partial charge is 0.333 e. The Morgan fingerprint density at radius 1 is 1.29 bits per heavy atom. The Balaban J connectivity index is 0. The van der Waals surface area contributed by atoms with Crippen molar-refractivity contribution in [3.8, 4) is 0 Å². The highest BCUT2D eigenvalue weighted by molar-refractivity contribution is 5.87. The average molecular weight is 247 g/mol. The molecule has 0 N–H and O–H groups in total. The average Bonchev–Trinajstić information content (AvgIpc) is 2.81. The third kappa shape index (κ3) is 7.88. The third-order valence-corrected chi connectivity index (χ3v) is 2.32. The first kappa shape index (κ1) is 18.4. The zero-order valence-electron chi connectivity index (χ0n) is 11.8. The summed E-state index contributed by atoms with van der Waals surface area (Å²) >= 11 is 0. The number of hydrogen-bond acceptors (Lipinski definition) is 2. The number of likely N-dealkylation sites (tertiary alicyclic amines) is 1. The molecule has 0 aromatic rings. The molecule has 4 heteroatoms. The van der Waals surface area contributed by atoms with Crippen molar-refractivity contribution in [3.63, 3.8) is 0 Å². The molecule has 17 heavy (non-hydrogen) atoms. The smallest absolute Gasteiger partial charge is 0.220 e. The van der Waals surface area contributed by atoms with Crippen LogP contribution in [0.2, 0.25) is 0 Å². The van der Waals surface area contributed by atoms with Gasteiger partial charge in [0.15, 0.2) is 5.78 Å². The van der Waals surface area contributed by atoms with E-state index in [0.29, 0.717) is 6.42 Å². The van der Waals surface area contributed by atoms with Crippen LogP contribution >= 0.6 is 0 Å². The first-order valence-electron chi connectivity index (χ1n) is 6.38. The topological polar surface area (TPSA) is 37.4 Å². The van der Waals surface area contributed by atoms with Crippen molar-refractivity contribution in [1.82, 2.24) is 4.90 Å². The standard InChI is InChI=1S/C8H13NO2.C3H7F.C2H6/c1-6(10)8-4-3-5-9(8)7(2)11;1-2-3-4;1-2/h8H,3-5H2,1-2H3;2-3H2,1H3;1-2H3. The number of alkyl halides is 1. The second-order valence-electron chi connectivity index (χ2n) is 3.67. The second kappa shape index (κ2) is 11.6. The van der Waals surface area contributed by atoms with Gasteiger partial charge in [-0.2, -0.15) is 0 Å². The van der Waals surface area contributed by atoms with Crippen molar-refractivity contribution in [2.75, 3.05) is 13.2 Å². The molecular weight excluding hydrogens is 221 g/mol. The molecule has 1 heterocycles. The van der Waals surface area contributed by atoms with Crippen LogP contribution < -0.4 is 0 Å². The molecule has 0 radical (unpaired) electrons. The van der Waals surface area contributed by atoms with E-state index in [1.807, 2.05) is 13.8 Å². The van der Waals surface area contributed by atoms with Gasteiger partial charge < -0.3 is 4.90 Å². The number of nitrogens with zero attached hydrogens (tertiary/aromatic N) is 1. The molecule has 1 aliphatic rings. The Bertz CT molecular complexity index is 197. The molecule has 0 aliphatic carbocycles. The second-order valence-corrected chi connectivity index (χ2v) is 3.67. The summed E-state index contributed by atoms with van der Waals surface area (Å²) in [4.78, 5) is 23.6. The van der Waals surface area contributed by atoms with Gasteiger partial charge in [0.05, 0.1) is 12.7 Å². The van der Waals surface area contributed by atoms with Crippen molar-refractivity contribution >= 4 is 11.7 Å². The Morgan fingerprint density at radius 3 is 2.00 bits per heavy atom. The summed E-state index contributed by atoms with van der Waals surface area (Å²) in [6.07, 6.45) is 2.46. The van der Waals surface area contributed by atoms with E-state index in [9.17, 15) is 14.0 Å². The lowest BCUT2D eigenvalue weighted by Crippen LogP contribution is -2.37. The van der Waals surface area contributed by atoms with Crippen LogP contribution in [0.1, 0.15) is 53.9 Å². The van der Waals surface area contributed by atoms with E-state index in [-0.39, 0.29) is 24.4 Å². The molecule has 0 bridgehead atoms. The summed E-state index contributed by atoms with van der Waals surface area (Å²) in [5, 5.41) is 0. The highest BCUT2D eigenvalue weighted by Crippen LogP contribution is 2.17. The minimum absolute atomic E-state index is 0.0164. The molecule has 1 unspecified atom stereocenters. The van der Waals surface area contributed by atoms with Gasteiger partial charge in [0.1, 0.15) is 0 Å². The Labute approximate surface area is 104 Å². The van der Waals surface area contributed by atoms with E-state index >= 15 is 0 Å². The lowest BCUT2D eigenvalue weighted by Gasteiger charge is -2.20. The summed E-state index contributed by atoms with van der Waals surface area (Å²) in [7, 11) is 0. The minimum atomic E-state index is -0.181. The molecule has 0 spiro atoms. The summed E-state index contributed by atoms with van der Waals surface area (Å²) < 4.78 is 10.7. The Morgan fingerprint density at radius 2 is 1.76 bits per heavy atom. The van der Waals surface area contributed by atoms with E-state index < -0.39 is 0 Å². The fourth-order valence-electron chi connectivity index (χ4n) is 1.57. The van der Waals surface area contributed by atoms with Crippen molar-refractivity contribution in [3.05, 3.63) is 0 Å². The van der Waals surface area contributed by atoms with Gasteiger partial charge in [-0.05, 0) is 26.2 Å². The zero-order valence-corrected chi connectivity index (χ0v) is 11.8. The quantitative estimate of drug-likeness (QED) is 0.752. The van der Waals surface area contributed by atoms with Gasteiger partial charge in [0.25, 0.3) is 0 Å². The molecule has 1 atom stereocenters. The van der Waals surface area contributed by atoms with Crippen LogP contribution in [0.3, 0.4) is 0 Å². The normalized spacial score (nSPS) is 17.5. The fraction of sp³-hybridized carbons (Fsp3) is 0.846. The number of hydrogen-bond donors (Lipinski definition) is 0. The summed E-state index contributed by atoms with van der Waals surface area (Å²) in [6.45, 7) is 9.44. The monoisotopic (exact) mass is 247 g/mol. The number of ketones is 1. The zero-order chi connectivity index (χ0) is 13.8.